The molecule has 0 unspecified atom stereocenters. The second-order valence-corrected chi connectivity index (χ2v) is 8.82. The van der Waals surface area contributed by atoms with Crippen molar-refractivity contribution in [2.24, 2.45) is 0 Å². The lowest BCUT2D eigenvalue weighted by atomic mass is 10.2. The Morgan fingerprint density at radius 1 is 1.03 bits per heavy atom. The molecule has 11 heteroatoms. The van der Waals surface area contributed by atoms with Crippen LogP contribution in [0.1, 0.15) is 5.56 Å². The molecule has 5 rings (SSSR count). The SMILES string of the molecule is COc1cc2nc(SCc3ccccc3Cl)n3nc(-c4ccc([N+](=O)[O-])cc4)nc3c2cc1OC. The fourth-order valence-electron chi connectivity index (χ4n) is 3.62. The van der Waals surface area contributed by atoms with E-state index < -0.39 is 4.92 Å². The summed E-state index contributed by atoms with van der Waals surface area (Å²) in [6.45, 7) is 0. The van der Waals surface area contributed by atoms with Crippen molar-refractivity contribution in [1.29, 1.82) is 0 Å². The highest BCUT2D eigenvalue weighted by Crippen LogP contribution is 2.36. The Balaban J connectivity index is 1.67. The molecule has 0 saturated heterocycles. The van der Waals surface area contributed by atoms with Crippen molar-refractivity contribution in [3.8, 4) is 22.9 Å². The van der Waals surface area contributed by atoms with E-state index in [1.54, 1.807) is 36.9 Å². The van der Waals surface area contributed by atoms with Crippen molar-refractivity contribution in [2.75, 3.05) is 14.2 Å². The van der Waals surface area contributed by atoms with Crippen LogP contribution < -0.4 is 9.47 Å². The first kappa shape index (κ1) is 22.9. The summed E-state index contributed by atoms with van der Waals surface area (Å²) in [7, 11) is 3.13. The third kappa shape index (κ3) is 4.33. The number of non-ortho nitro benzene ring substituents is 1. The van der Waals surface area contributed by atoms with Gasteiger partial charge in [-0.2, -0.15) is 4.52 Å². The average Bonchev–Trinajstić information content (AvgIpc) is 3.33. The Kier molecular flexibility index (Phi) is 6.14. The van der Waals surface area contributed by atoms with Crippen molar-refractivity contribution < 1.29 is 14.4 Å². The molecular formula is C24H18ClN5O4S. The Morgan fingerprint density at radius 2 is 1.74 bits per heavy atom. The Bertz CT molecular complexity index is 1570. The van der Waals surface area contributed by atoms with E-state index in [0.29, 0.717) is 50.0 Å². The lowest BCUT2D eigenvalue weighted by Crippen LogP contribution is -2.00. The number of hydrogen-bond acceptors (Lipinski definition) is 8. The molecule has 0 aliphatic rings. The van der Waals surface area contributed by atoms with Crippen LogP contribution >= 0.6 is 23.4 Å². The van der Waals surface area contributed by atoms with Crippen molar-refractivity contribution in [3.63, 3.8) is 0 Å². The first-order valence-corrected chi connectivity index (χ1v) is 11.8. The number of hydrogen-bond donors (Lipinski definition) is 0. The van der Waals surface area contributed by atoms with E-state index in [9.17, 15) is 10.1 Å². The standard InChI is InChI=1S/C24H18ClN5O4S/c1-33-20-11-17-19(12-21(20)34-2)26-24(35-13-15-5-3-4-6-18(15)25)29-23(17)27-22(28-29)14-7-9-16(10-8-14)30(31)32/h3-12H,13H2,1-2H3. The molecule has 2 aromatic heterocycles. The van der Waals surface area contributed by atoms with Crippen LogP contribution in [0.15, 0.2) is 65.8 Å². The summed E-state index contributed by atoms with van der Waals surface area (Å²) in [6.07, 6.45) is 0. The van der Waals surface area contributed by atoms with Crippen LogP contribution in [-0.4, -0.2) is 38.7 Å². The molecule has 0 fully saturated rings. The van der Waals surface area contributed by atoms with Gasteiger partial charge in [-0.15, -0.1) is 5.10 Å². The number of methoxy groups -OCH3 is 2. The van der Waals surface area contributed by atoms with Gasteiger partial charge in [-0.05, 0) is 29.8 Å². The summed E-state index contributed by atoms with van der Waals surface area (Å²) in [6, 6.07) is 17.4. The molecule has 3 aromatic carbocycles. The zero-order valence-corrected chi connectivity index (χ0v) is 20.2. The van der Waals surface area contributed by atoms with Gasteiger partial charge in [0, 0.05) is 39.9 Å². The van der Waals surface area contributed by atoms with Crippen LogP contribution in [0.3, 0.4) is 0 Å². The average molecular weight is 508 g/mol. The van der Waals surface area contributed by atoms with Gasteiger partial charge in [-0.3, -0.25) is 10.1 Å². The van der Waals surface area contributed by atoms with Crippen LogP contribution in [0.2, 0.25) is 5.02 Å². The van der Waals surface area contributed by atoms with E-state index in [1.807, 2.05) is 30.3 Å². The van der Waals surface area contributed by atoms with Gasteiger partial charge in [-0.25, -0.2) is 9.97 Å². The number of nitro benzene ring substituents is 1. The second-order valence-electron chi connectivity index (χ2n) is 7.47. The monoisotopic (exact) mass is 507 g/mol. The fourth-order valence-corrected chi connectivity index (χ4v) is 4.85. The minimum atomic E-state index is -0.443. The van der Waals surface area contributed by atoms with E-state index in [-0.39, 0.29) is 5.69 Å². The molecule has 0 radical (unpaired) electrons. The zero-order valence-electron chi connectivity index (χ0n) is 18.6. The molecule has 35 heavy (non-hydrogen) atoms. The van der Waals surface area contributed by atoms with Crippen molar-refractivity contribution >= 4 is 45.6 Å². The first-order chi connectivity index (χ1) is 17.0. The number of aromatic nitrogens is 4. The van der Waals surface area contributed by atoms with Crippen LogP contribution in [-0.2, 0) is 5.75 Å². The largest absolute Gasteiger partial charge is 0.493 e. The minimum absolute atomic E-state index is 0.00236. The van der Waals surface area contributed by atoms with Gasteiger partial charge < -0.3 is 9.47 Å². The Morgan fingerprint density at radius 3 is 2.43 bits per heavy atom. The highest BCUT2D eigenvalue weighted by molar-refractivity contribution is 7.98. The molecule has 0 spiro atoms. The quantitative estimate of drug-likeness (QED) is 0.117. The maximum absolute atomic E-state index is 11.0. The molecule has 2 heterocycles. The minimum Gasteiger partial charge on any atom is -0.493 e. The van der Waals surface area contributed by atoms with E-state index in [4.69, 9.17) is 31.0 Å². The molecular weight excluding hydrogens is 490 g/mol. The summed E-state index contributed by atoms with van der Waals surface area (Å²) in [5.74, 6) is 2.09. The van der Waals surface area contributed by atoms with Gasteiger partial charge in [0.1, 0.15) is 0 Å². The third-order valence-corrected chi connectivity index (χ3v) is 6.74. The Hall–Kier alpha value is -3.89. The normalized spacial score (nSPS) is 11.2. The Labute approximate surface area is 208 Å². The number of rotatable bonds is 7. The van der Waals surface area contributed by atoms with Crippen LogP contribution in [0.5, 0.6) is 11.5 Å². The smallest absolute Gasteiger partial charge is 0.269 e. The second kappa shape index (κ2) is 9.40. The van der Waals surface area contributed by atoms with E-state index in [0.717, 1.165) is 10.9 Å². The molecule has 0 atom stereocenters. The molecule has 0 aliphatic heterocycles. The van der Waals surface area contributed by atoms with Gasteiger partial charge in [-0.1, -0.05) is 41.6 Å². The molecule has 176 valence electrons. The maximum atomic E-state index is 11.0. The zero-order chi connectivity index (χ0) is 24.5. The number of benzene rings is 3. The predicted molar refractivity (Wildman–Crippen MR) is 134 cm³/mol. The number of nitro groups is 1. The summed E-state index contributed by atoms with van der Waals surface area (Å²) in [4.78, 5) is 20.2. The van der Waals surface area contributed by atoms with Gasteiger partial charge in [0.2, 0.25) is 0 Å². The number of ether oxygens (including phenoxy) is 2. The molecule has 0 N–H and O–H groups in total. The number of nitrogens with zero attached hydrogens (tertiary/aromatic N) is 5. The van der Waals surface area contributed by atoms with Crippen LogP contribution in [0, 0.1) is 10.1 Å². The molecule has 0 bridgehead atoms. The lowest BCUT2D eigenvalue weighted by Gasteiger charge is -2.11. The van der Waals surface area contributed by atoms with Gasteiger partial charge in [0.05, 0.1) is 24.7 Å². The van der Waals surface area contributed by atoms with E-state index in [1.165, 1.54) is 23.9 Å². The van der Waals surface area contributed by atoms with Crippen LogP contribution in [0.25, 0.3) is 27.9 Å². The number of fused-ring (bicyclic) bond motifs is 3. The highest BCUT2D eigenvalue weighted by Gasteiger charge is 2.18. The lowest BCUT2D eigenvalue weighted by molar-refractivity contribution is -0.384. The maximum Gasteiger partial charge on any atom is 0.269 e. The van der Waals surface area contributed by atoms with E-state index in [2.05, 4.69) is 5.10 Å². The first-order valence-electron chi connectivity index (χ1n) is 10.4. The van der Waals surface area contributed by atoms with Crippen molar-refractivity contribution in [3.05, 3.63) is 81.4 Å². The summed E-state index contributed by atoms with van der Waals surface area (Å²) in [5, 5.41) is 17.7. The summed E-state index contributed by atoms with van der Waals surface area (Å²) in [5.41, 5.74) is 2.86. The van der Waals surface area contributed by atoms with Crippen LogP contribution in [0.4, 0.5) is 5.69 Å². The molecule has 0 aliphatic carbocycles. The van der Waals surface area contributed by atoms with Gasteiger partial charge in [0.15, 0.2) is 28.1 Å². The molecule has 0 saturated carbocycles. The molecule has 9 nitrogen and oxygen atoms in total. The third-order valence-electron chi connectivity index (χ3n) is 5.40. The number of thioether (sulfide) groups is 1. The van der Waals surface area contributed by atoms with Crippen molar-refractivity contribution in [1.82, 2.24) is 19.6 Å². The van der Waals surface area contributed by atoms with Gasteiger partial charge in [0.25, 0.3) is 5.69 Å². The highest BCUT2D eigenvalue weighted by atomic mass is 35.5. The van der Waals surface area contributed by atoms with Gasteiger partial charge >= 0.3 is 0 Å². The van der Waals surface area contributed by atoms with E-state index >= 15 is 0 Å². The molecule has 0 amide bonds. The summed E-state index contributed by atoms with van der Waals surface area (Å²) < 4.78 is 12.6. The predicted octanol–water partition coefficient (Wildman–Crippen LogP) is 5.82. The summed E-state index contributed by atoms with van der Waals surface area (Å²) >= 11 is 7.82. The van der Waals surface area contributed by atoms with Crippen molar-refractivity contribution in [2.45, 2.75) is 10.9 Å². The topological polar surface area (TPSA) is 105 Å². The fraction of sp³-hybridized carbons (Fsp3) is 0.125. The molecule has 5 aromatic rings. The number of halogens is 1.